The van der Waals surface area contributed by atoms with Crippen molar-refractivity contribution in [2.24, 2.45) is 11.8 Å². The number of hydrogen-bond donors (Lipinski definition) is 7. The number of aliphatic hydroxyl groups is 5. The number of carboxylic acids is 1. The van der Waals surface area contributed by atoms with Crippen molar-refractivity contribution in [2.75, 3.05) is 26.9 Å². The number of fused-ring (bicyclic) bond motifs is 1. The Kier molecular flexibility index (Phi) is 9.39. The van der Waals surface area contributed by atoms with Gasteiger partial charge in [-0.15, -0.1) is 6.58 Å². The number of methoxy groups -OCH3 is 1. The van der Waals surface area contributed by atoms with Gasteiger partial charge in [0.1, 0.15) is 30.7 Å². The Bertz CT molecular complexity index is 1290. The van der Waals surface area contributed by atoms with Crippen LogP contribution in [-0.4, -0.2) is 110 Å². The molecule has 0 aromatic carbocycles. The number of nitrogens with one attached hydrogen (secondary N) is 1. The topological polar surface area (TPSA) is 208 Å². The van der Waals surface area contributed by atoms with Crippen molar-refractivity contribution in [3.8, 4) is 0 Å². The summed E-state index contributed by atoms with van der Waals surface area (Å²) in [6.07, 6.45) is 0.296. The number of esters is 1. The monoisotopic (exact) mass is 579 g/mol. The molecule has 1 aromatic heterocycles. The molecule has 1 aromatic rings. The van der Waals surface area contributed by atoms with E-state index >= 15 is 0 Å². The SMILES string of the molecule is C=C[C@@H]1[C@H](CC(=O)O)C(C(=O)OC)=CC[C@H]1O[C@]1(CO)O[C@H](CO)[C@]2(C=c3cc[nH]c3=C(CCCO)O2)[C@H](O)[C@H]1O. The van der Waals surface area contributed by atoms with Gasteiger partial charge in [-0.2, -0.15) is 0 Å². The van der Waals surface area contributed by atoms with Crippen LogP contribution in [0.1, 0.15) is 25.7 Å². The summed E-state index contributed by atoms with van der Waals surface area (Å²) in [7, 11) is 1.18. The second-order valence-electron chi connectivity index (χ2n) is 10.4. The Balaban J connectivity index is 1.70. The van der Waals surface area contributed by atoms with E-state index in [2.05, 4.69) is 11.6 Å². The average molecular weight is 580 g/mol. The number of aliphatic carboxylic acids is 1. The molecule has 1 spiro atoms. The summed E-state index contributed by atoms with van der Waals surface area (Å²) in [5, 5.41) is 64.0. The number of rotatable bonds is 11. The van der Waals surface area contributed by atoms with Gasteiger partial charge in [0.2, 0.25) is 5.79 Å². The zero-order valence-corrected chi connectivity index (χ0v) is 22.6. The van der Waals surface area contributed by atoms with Gasteiger partial charge in [0, 0.05) is 41.9 Å². The highest BCUT2D eigenvalue weighted by atomic mass is 16.7. The van der Waals surface area contributed by atoms with Crippen LogP contribution >= 0.6 is 0 Å². The van der Waals surface area contributed by atoms with Crippen molar-refractivity contribution >= 4 is 23.8 Å². The zero-order valence-electron chi connectivity index (χ0n) is 22.6. The molecule has 0 unspecified atom stereocenters. The smallest absolute Gasteiger partial charge is 0.333 e. The molecule has 41 heavy (non-hydrogen) atoms. The molecule has 0 radical (unpaired) electrons. The molecule has 3 aliphatic rings. The molecule has 2 aliphatic heterocycles. The highest BCUT2D eigenvalue weighted by Crippen LogP contribution is 2.45. The lowest BCUT2D eigenvalue weighted by Crippen LogP contribution is -2.74. The normalized spacial score (nSPS) is 34.7. The fraction of sp³-hybridized carbons (Fsp3) is 0.571. The fourth-order valence-electron chi connectivity index (χ4n) is 6.03. The van der Waals surface area contributed by atoms with Gasteiger partial charge in [0.05, 0.1) is 31.6 Å². The summed E-state index contributed by atoms with van der Waals surface area (Å²) >= 11 is 0. The van der Waals surface area contributed by atoms with E-state index in [0.717, 1.165) is 0 Å². The lowest BCUT2D eigenvalue weighted by molar-refractivity contribution is -0.394. The summed E-state index contributed by atoms with van der Waals surface area (Å²) in [5.41, 5.74) is -1.65. The molecule has 0 amide bonds. The highest BCUT2D eigenvalue weighted by molar-refractivity contribution is 5.90. The number of carbonyl (C=O) groups is 2. The summed E-state index contributed by atoms with van der Waals surface area (Å²) in [6.45, 7) is 2.00. The van der Waals surface area contributed by atoms with Crippen molar-refractivity contribution < 1.29 is 59.2 Å². The number of H-pyrrole nitrogens is 1. The van der Waals surface area contributed by atoms with E-state index in [1.807, 2.05) is 0 Å². The fourth-order valence-corrected chi connectivity index (χ4v) is 6.03. The molecule has 4 rings (SSSR count). The van der Waals surface area contributed by atoms with E-state index in [4.69, 9.17) is 18.9 Å². The Morgan fingerprint density at radius 1 is 1.24 bits per heavy atom. The number of aromatic amines is 1. The van der Waals surface area contributed by atoms with Crippen LogP contribution in [0.3, 0.4) is 0 Å². The van der Waals surface area contributed by atoms with Crippen LogP contribution in [0.4, 0.5) is 0 Å². The van der Waals surface area contributed by atoms with Crippen molar-refractivity contribution in [3.05, 3.63) is 47.1 Å². The van der Waals surface area contributed by atoms with Crippen LogP contribution in [0.25, 0.3) is 11.8 Å². The van der Waals surface area contributed by atoms with E-state index in [1.54, 1.807) is 12.3 Å². The van der Waals surface area contributed by atoms with Crippen molar-refractivity contribution in [3.63, 3.8) is 0 Å². The first-order chi connectivity index (χ1) is 19.6. The van der Waals surface area contributed by atoms with Crippen LogP contribution in [0, 0.1) is 11.8 Å². The molecule has 0 saturated carbocycles. The lowest BCUT2D eigenvalue weighted by atomic mass is 9.74. The predicted octanol–water partition coefficient (Wildman–Crippen LogP) is -1.97. The Morgan fingerprint density at radius 2 is 2.00 bits per heavy atom. The molecule has 1 fully saturated rings. The number of carbonyl (C=O) groups excluding carboxylic acids is 1. The minimum absolute atomic E-state index is 0.0362. The largest absolute Gasteiger partial charge is 0.481 e. The third kappa shape index (κ3) is 5.46. The third-order valence-corrected chi connectivity index (χ3v) is 8.05. The van der Waals surface area contributed by atoms with Gasteiger partial charge in [-0.25, -0.2) is 4.79 Å². The molecule has 1 aliphatic carbocycles. The number of aromatic nitrogens is 1. The van der Waals surface area contributed by atoms with Gasteiger partial charge in [-0.05, 0) is 25.0 Å². The summed E-state index contributed by atoms with van der Waals surface area (Å²) in [5.74, 6) is -5.46. The molecule has 1 saturated heterocycles. The predicted molar refractivity (Wildman–Crippen MR) is 141 cm³/mol. The molecule has 13 nitrogen and oxygen atoms in total. The Morgan fingerprint density at radius 3 is 2.61 bits per heavy atom. The van der Waals surface area contributed by atoms with E-state index in [0.29, 0.717) is 22.7 Å². The molecule has 226 valence electrons. The van der Waals surface area contributed by atoms with E-state index in [9.17, 15) is 40.2 Å². The van der Waals surface area contributed by atoms with Crippen LogP contribution in [-0.2, 0) is 28.5 Å². The second kappa shape index (κ2) is 12.4. The summed E-state index contributed by atoms with van der Waals surface area (Å²) < 4.78 is 23.3. The summed E-state index contributed by atoms with van der Waals surface area (Å²) in [6, 6.07) is 1.72. The standard InChI is InChI=1S/C28H37NO12/c1-3-16-18(11-22(33)34)17(26(37)38-2)6-7-19(16)40-28(14-32)25(36)24(35)27(21(13-31)41-28)12-15-8-9-29-23(15)20(39-27)5-4-10-30/h3,6,8-9,12,16,18-19,21,24-25,29-32,35-36H,1,4-5,7,10-11,13-14H2,2H3,(H,33,34)/t16-,18+,19-,21-,24-,25-,27-,28-/m1/s1. The zero-order chi connectivity index (χ0) is 29.9. The molecule has 13 heteroatoms. The first kappa shape index (κ1) is 30.9. The maximum absolute atomic E-state index is 12.4. The van der Waals surface area contributed by atoms with Gasteiger partial charge >= 0.3 is 11.9 Å². The van der Waals surface area contributed by atoms with Gasteiger partial charge < -0.3 is 54.6 Å². The van der Waals surface area contributed by atoms with E-state index in [1.165, 1.54) is 25.3 Å². The summed E-state index contributed by atoms with van der Waals surface area (Å²) in [4.78, 5) is 27.1. The number of hydrogen-bond acceptors (Lipinski definition) is 11. The quantitative estimate of drug-likeness (QED) is 0.113. The van der Waals surface area contributed by atoms with Crippen LogP contribution in [0.2, 0.25) is 0 Å². The van der Waals surface area contributed by atoms with Crippen molar-refractivity contribution in [1.82, 2.24) is 4.98 Å². The van der Waals surface area contributed by atoms with Gasteiger partial charge in [-0.1, -0.05) is 12.2 Å². The molecule has 8 atom stereocenters. The minimum Gasteiger partial charge on any atom is -0.481 e. The highest BCUT2D eigenvalue weighted by Gasteiger charge is 2.64. The molecule has 7 N–H and O–H groups in total. The Hall–Kier alpha value is -3.04. The van der Waals surface area contributed by atoms with Gasteiger partial charge in [-0.3, -0.25) is 4.79 Å². The van der Waals surface area contributed by atoms with Gasteiger partial charge in [0.25, 0.3) is 0 Å². The van der Waals surface area contributed by atoms with Crippen LogP contribution < -0.4 is 10.6 Å². The molecule has 3 heterocycles. The van der Waals surface area contributed by atoms with Crippen molar-refractivity contribution in [1.29, 1.82) is 0 Å². The minimum atomic E-state index is -2.27. The second-order valence-corrected chi connectivity index (χ2v) is 10.4. The molecule has 0 bridgehead atoms. The average Bonchev–Trinajstić information content (AvgIpc) is 3.44. The number of carboxylic acid groups (broad SMARTS) is 1. The number of ether oxygens (including phenoxy) is 4. The first-order valence-electron chi connectivity index (χ1n) is 13.4. The number of aliphatic hydroxyl groups excluding tert-OH is 5. The van der Waals surface area contributed by atoms with E-state index < -0.39 is 79.2 Å². The first-order valence-corrected chi connectivity index (χ1v) is 13.4. The van der Waals surface area contributed by atoms with Crippen LogP contribution in [0.5, 0.6) is 0 Å². The van der Waals surface area contributed by atoms with Crippen LogP contribution in [0.15, 0.2) is 36.6 Å². The maximum Gasteiger partial charge on any atom is 0.333 e. The maximum atomic E-state index is 12.4. The molecular formula is C28H37NO12. The lowest BCUT2D eigenvalue weighted by Gasteiger charge is -2.55. The molecular weight excluding hydrogens is 542 g/mol. The van der Waals surface area contributed by atoms with E-state index in [-0.39, 0.29) is 25.0 Å². The van der Waals surface area contributed by atoms with Gasteiger partial charge in [0.15, 0.2) is 5.60 Å². The van der Waals surface area contributed by atoms with Crippen molar-refractivity contribution in [2.45, 2.75) is 61.5 Å². The third-order valence-electron chi connectivity index (χ3n) is 8.05. The Labute approximate surface area is 235 Å².